The molecule has 0 amide bonds. The van der Waals surface area contributed by atoms with Crippen molar-refractivity contribution in [2.24, 2.45) is 0 Å². The van der Waals surface area contributed by atoms with E-state index in [1.807, 2.05) is 36.4 Å². The molecule has 0 spiro atoms. The van der Waals surface area contributed by atoms with Gasteiger partial charge < -0.3 is 0 Å². The minimum atomic E-state index is -3.22. The molecule has 1 aliphatic carbocycles. The van der Waals surface area contributed by atoms with Gasteiger partial charge in [-0.1, -0.05) is 48.3 Å². The molecular weight excluding hydrogens is 412 g/mol. The molecule has 1 aromatic heterocycles. The van der Waals surface area contributed by atoms with Crippen molar-refractivity contribution in [2.75, 3.05) is 6.26 Å². The van der Waals surface area contributed by atoms with E-state index in [9.17, 15) is 8.42 Å². The fraction of sp³-hybridized carbons (Fsp3) is 0.286. The van der Waals surface area contributed by atoms with Crippen LogP contribution in [0.4, 0.5) is 0 Å². The molecule has 2 aromatic carbocycles. The van der Waals surface area contributed by atoms with Gasteiger partial charge >= 0.3 is 0 Å². The highest BCUT2D eigenvalue weighted by Crippen LogP contribution is 2.38. The van der Waals surface area contributed by atoms with E-state index in [4.69, 9.17) is 16.7 Å². The molecule has 1 fully saturated rings. The second-order valence-corrected chi connectivity index (χ2v) is 10.7. The fourth-order valence-electron chi connectivity index (χ4n) is 3.50. The Balaban J connectivity index is 1.72. The molecule has 1 aliphatic rings. The van der Waals surface area contributed by atoms with E-state index in [0.717, 1.165) is 33.9 Å². The molecule has 0 saturated heterocycles. The number of benzene rings is 2. The van der Waals surface area contributed by atoms with Gasteiger partial charge in [0.1, 0.15) is 5.69 Å². The summed E-state index contributed by atoms with van der Waals surface area (Å²) in [6, 6.07) is 15.2. The third kappa shape index (κ3) is 4.29. The van der Waals surface area contributed by atoms with Gasteiger partial charge in [-0.05, 0) is 49.2 Å². The molecule has 0 N–H and O–H groups in total. The van der Waals surface area contributed by atoms with Crippen LogP contribution >= 0.6 is 23.4 Å². The smallest absolute Gasteiger partial charge is 0.175 e. The van der Waals surface area contributed by atoms with Gasteiger partial charge in [0.25, 0.3) is 0 Å². The number of halogens is 1. The van der Waals surface area contributed by atoms with Crippen LogP contribution in [0.1, 0.15) is 31.7 Å². The second kappa shape index (κ2) is 7.93. The molecule has 4 nitrogen and oxygen atoms in total. The number of hydrogen-bond acceptors (Lipinski definition) is 4. The van der Waals surface area contributed by atoms with Crippen LogP contribution in [0.3, 0.4) is 0 Å². The summed E-state index contributed by atoms with van der Waals surface area (Å²) in [5.74, 6) is 0. The highest BCUT2D eigenvalue weighted by molar-refractivity contribution is 7.99. The van der Waals surface area contributed by atoms with Crippen molar-refractivity contribution in [1.29, 1.82) is 0 Å². The third-order valence-electron chi connectivity index (χ3n) is 4.99. The monoisotopic (exact) mass is 432 g/mol. The van der Waals surface area contributed by atoms with Gasteiger partial charge in [0.15, 0.2) is 9.84 Å². The van der Waals surface area contributed by atoms with Crippen LogP contribution in [0.15, 0.2) is 69.4 Å². The van der Waals surface area contributed by atoms with Crippen molar-refractivity contribution in [3.8, 4) is 11.3 Å². The third-order valence-corrected chi connectivity index (χ3v) is 7.40. The average molecular weight is 433 g/mol. The minimum Gasteiger partial charge on any atom is -0.268 e. The highest BCUT2D eigenvalue weighted by atomic mass is 35.5. The molecule has 0 bridgehead atoms. The largest absolute Gasteiger partial charge is 0.268 e. The lowest BCUT2D eigenvalue weighted by Gasteiger charge is -2.08. The molecule has 7 heteroatoms. The maximum absolute atomic E-state index is 11.8. The highest BCUT2D eigenvalue weighted by Gasteiger charge is 2.21. The molecule has 0 unspecified atom stereocenters. The van der Waals surface area contributed by atoms with E-state index in [1.165, 1.54) is 19.1 Å². The lowest BCUT2D eigenvalue weighted by molar-refractivity contribution is 0.467. The molecule has 0 radical (unpaired) electrons. The predicted octanol–water partition coefficient (Wildman–Crippen LogP) is 5.87. The van der Waals surface area contributed by atoms with Crippen molar-refractivity contribution in [1.82, 2.24) is 9.78 Å². The molecule has 0 atom stereocenters. The zero-order chi connectivity index (χ0) is 19.7. The van der Waals surface area contributed by atoms with Gasteiger partial charge in [0.05, 0.1) is 15.8 Å². The Morgan fingerprint density at radius 1 is 1.04 bits per heavy atom. The number of rotatable bonds is 5. The lowest BCUT2D eigenvalue weighted by Crippen LogP contribution is -2.04. The topological polar surface area (TPSA) is 52.0 Å². The average Bonchev–Trinajstić information content (AvgIpc) is 3.33. The van der Waals surface area contributed by atoms with Crippen LogP contribution in [0.25, 0.3) is 11.3 Å². The van der Waals surface area contributed by atoms with Crippen molar-refractivity contribution in [3.63, 3.8) is 0 Å². The normalized spacial score (nSPS) is 15.2. The van der Waals surface area contributed by atoms with Gasteiger partial charge in [0.2, 0.25) is 0 Å². The first-order valence-electron chi connectivity index (χ1n) is 9.23. The zero-order valence-electron chi connectivity index (χ0n) is 15.5. The van der Waals surface area contributed by atoms with Crippen LogP contribution in [0.2, 0.25) is 5.02 Å². The standard InChI is InChI=1S/C21H21ClN2O2S2/c1-28(25,26)19-12-6-15(7-13-19)21-20(27-18-10-8-16(22)9-11-18)14-24(23-21)17-4-2-3-5-17/h6-14,17H,2-5H2,1H3. The first-order valence-corrected chi connectivity index (χ1v) is 12.3. The summed E-state index contributed by atoms with van der Waals surface area (Å²) < 4.78 is 25.6. The summed E-state index contributed by atoms with van der Waals surface area (Å²) in [6.07, 6.45) is 8.12. The molecule has 1 saturated carbocycles. The fourth-order valence-corrected chi connectivity index (χ4v) is 5.19. The van der Waals surface area contributed by atoms with Crippen LogP contribution < -0.4 is 0 Å². The molecule has 3 aromatic rings. The molecule has 1 heterocycles. The summed E-state index contributed by atoms with van der Waals surface area (Å²) in [7, 11) is -3.22. The quantitative estimate of drug-likeness (QED) is 0.505. The Kier molecular flexibility index (Phi) is 5.54. The van der Waals surface area contributed by atoms with Crippen LogP contribution in [0.5, 0.6) is 0 Å². The summed E-state index contributed by atoms with van der Waals surface area (Å²) in [4.78, 5) is 2.46. The van der Waals surface area contributed by atoms with E-state index >= 15 is 0 Å². The summed E-state index contributed by atoms with van der Waals surface area (Å²) in [5.41, 5.74) is 1.80. The van der Waals surface area contributed by atoms with E-state index in [-0.39, 0.29) is 0 Å². The lowest BCUT2D eigenvalue weighted by atomic mass is 10.2. The molecular formula is C21H21ClN2O2S2. The van der Waals surface area contributed by atoms with Crippen molar-refractivity contribution < 1.29 is 8.42 Å². The van der Waals surface area contributed by atoms with E-state index < -0.39 is 9.84 Å². The SMILES string of the molecule is CS(=O)(=O)c1ccc(-c2nn(C3CCCC3)cc2Sc2ccc(Cl)cc2)cc1. The molecule has 4 rings (SSSR count). The van der Waals surface area contributed by atoms with Crippen LogP contribution in [-0.4, -0.2) is 24.5 Å². The summed E-state index contributed by atoms with van der Waals surface area (Å²) in [6.45, 7) is 0. The van der Waals surface area contributed by atoms with Crippen LogP contribution in [-0.2, 0) is 9.84 Å². The van der Waals surface area contributed by atoms with Crippen molar-refractivity contribution in [2.45, 2.75) is 46.4 Å². The number of hydrogen-bond donors (Lipinski definition) is 0. The Hall–Kier alpha value is -1.76. The number of sulfone groups is 1. The first kappa shape index (κ1) is 19.6. The molecule has 146 valence electrons. The Labute approximate surface area is 174 Å². The van der Waals surface area contributed by atoms with Gasteiger partial charge in [-0.15, -0.1) is 0 Å². The molecule has 28 heavy (non-hydrogen) atoms. The predicted molar refractivity (Wildman–Crippen MR) is 114 cm³/mol. The van der Waals surface area contributed by atoms with Crippen molar-refractivity contribution in [3.05, 3.63) is 59.8 Å². The van der Waals surface area contributed by atoms with Crippen LogP contribution in [0, 0.1) is 0 Å². The zero-order valence-corrected chi connectivity index (χ0v) is 17.9. The van der Waals surface area contributed by atoms with E-state index in [1.54, 1.807) is 23.9 Å². The summed E-state index contributed by atoms with van der Waals surface area (Å²) >= 11 is 7.66. The van der Waals surface area contributed by atoms with E-state index in [2.05, 4.69) is 10.9 Å². The minimum absolute atomic E-state index is 0.318. The van der Waals surface area contributed by atoms with Gasteiger partial charge in [0, 0.05) is 27.9 Å². The van der Waals surface area contributed by atoms with Gasteiger partial charge in [-0.2, -0.15) is 5.10 Å². The first-order chi connectivity index (χ1) is 13.4. The Bertz CT molecular complexity index is 1070. The second-order valence-electron chi connectivity index (χ2n) is 7.11. The number of aromatic nitrogens is 2. The maximum Gasteiger partial charge on any atom is 0.175 e. The van der Waals surface area contributed by atoms with E-state index in [0.29, 0.717) is 16.0 Å². The molecule has 0 aliphatic heterocycles. The Morgan fingerprint density at radius 3 is 2.29 bits per heavy atom. The van der Waals surface area contributed by atoms with Gasteiger partial charge in [-0.3, -0.25) is 4.68 Å². The summed E-state index contributed by atoms with van der Waals surface area (Å²) in [5, 5.41) is 5.60. The number of nitrogens with zero attached hydrogens (tertiary/aromatic N) is 2. The van der Waals surface area contributed by atoms with Gasteiger partial charge in [-0.25, -0.2) is 8.42 Å². The Morgan fingerprint density at radius 2 is 1.68 bits per heavy atom. The van der Waals surface area contributed by atoms with Crippen molar-refractivity contribution >= 4 is 33.2 Å². The maximum atomic E-state index is 11.8.